The summed E-state index contributed by atoms with van der Waals surface area (Å²) in [6.07, 6.45) is 1.53. The van der Waals surface area contributed by atoms with Gasteiger partial charge in [0.1, 0.15) is 9.84 Å². The summed E-state index contributed by atoms with van der Waals surface area (Å²) >= 11 is 0. The van der Waals surface area contributed by atoms with E-state index in [2.05, 4.69) is 38.2 Å². The van der Waals surface area contributed by atoms with Gasteiger partial charge in [-0.1, -0.05) is 13.8 Å². The van der Waals surface area contributed by atoms with E-state index in [1.807, 2.05) is 0 Å². The highest BCUT2D eigenvalue weighted by atomic mass is 32.2. The summed E-state index contributed by atoms with van der Waals surface area (Å²) in [4.78, 5) is 2.23. The minimum atomic E-state index is -2.74. The summed E-state index contributed by atoms with van der Waals surface area (Å²) in [6, 6.07) is 0.883. The quantitative estimate of drug-likeness (QED) is 0.794. The van der Waals surface area contributed by atoms with Crippen LogP contribution in [0.15, 0.2) is 0 Å². The topological polar surface area (TPSA) is 49.4 Å². The van der Waals surface area contributed by atoms with Crippen LogP contribution >= 0.6 is 0 Å². The molecule has 1 heterocycles. The predicted octanol–water partition coefficient (Wildman–Crippen LogP) is 0.739. The molecule has 1 rings (SSSR count). The molecule has 0 aliphatic carbocycles. The summed E-state index contributed by atoms with van der Waals surface area (Å²) in [5.74, 6) is 1.29. The highest BCUT2D eigenvalue weighted by Gasteiger charge is 2.24. The Kier molecular flexibility index (Phi) is 5.41. The minimum Gasteiger partial charge on any atom is -0.312 e. The first-order valence-electron chi connectivity index (χ1n) is 6.42. The SMILES string of the molecule is CC(C)C(CNC1CCS(=O)(=O)CC1)N(C)C. The van der Waals surface area contributed by atoms with Gasteiger partial charge in [0.25, 0.3) is 0 Å². The molecule has 1 atom stereocenters. The molecular formula is C12H26N2O2S. The van der Waals surface area contributed by atoms with Gasteiger partial charge in [-0.05, 0) is 32.9 Å². The molecular weight excluding hydrogens is 236 g/mol. The second-order valence-corrected chi connectivity index (χ2v) is 7.91. The third-order valence-electron chi connectivity index (χ3n) is 3.60. The summed E-state index contributed by atoms with van der Waals surface area (Å²) in [7, 11) is 1.45. The fraction of sp³-hybridized carbons (Fsp3) is 1.00. The van der Waals surface area contributed by atoms with Gasteiger partial charge in [-0.15, -0.1) is 0 Å². The van der Waals surface area contributed by atoms with Crippen molar-refractivity contribution in [2.24, 2.45) is 5.92 Å². The van der Waals surface area contributed by atoms with Crippen LogP contribution in [0.5, 0.6) is 0 Å². The first kappa shape index (κ1) is 14.9. The van der Waals surface area contributed by atoms with Crippen molar-refractivity contribution in [3.8, 4) is 0 Å². The van der Waals surface area contributed by atoms with Crippen molar-refractivity contribution >= 4 is 9.84 Å². The van der Waals surface area contributed by atoms with Gasteiger partial charge in [-0.25, -0.2) is 8.42 Å². The number of nitrogens with zero attached hydrogens (tertiary/aromatic N) is 1. The molecule has 1 saturated heterocycles. The van der Waals surface area contributed by atoms with Gasteiger partial charge >= 0.3 is 0 Å². The van der Waals surface area contributed by atoms with Crippen molar-refractivity contribution in [3.05, 3.63) is 0 Å². The molecule has 1 aliphatic rings. The van der Waals surface area contributed by atoms with Gasteiger partial charge in [-0.3, -0.25) is 0 Å². The van der Waals surface area contributed by atoms with Crippen LogP contribution < -0.4 is 5.32 Å². The zero-order valence-electron chi connectivity index (χ0n) is 11.4. The van der Waals surface area contributed by atoms with E-state index in [1.165, 1.54) is 0 Å². The Morgan fingerprint density at radius 2 is 1.76 bits per heavy atom. The van der Waals surface area contributed by atoms with E-state index in [9.17, 15) is 8.42 Å². The zero-order chi connectivity index (χ0) is 13.1. The fourth-order valence-electron chi connectivity index (χ4n) is 2.40. The Morgan fingerprint density at radius 1 is 1.24 bits per heavy atom. The number of hydrogen-bond donors (Lipinski definition) is 1. The molecule has 0 spiro atoms. The van der Waals surface area contributed by atoms with E-state index in [-0.39, 0.29) is 0 Å². The first-order valence-corrected chi connectivity index (χ1v) is 8.24. The average Bonchev–Trinajstić information content (AvgIpc) is 2.19. The summed E-state index contributed by atoms with van der Waals surface area (Å²) in [5.41, 5.74) is 0. The van der Waals surface area contributed by atoms with Crippen LogP contribution in [0.4, 0.5) is 0 Å². The van der Waals surface area contributed by atoms with Gasteiger partial charge < -0.3 is 10.2 Å². The lowest BCUT2D eigenvalue weighted by Gasteiger charge is -2.31. The zero-order valence-corrected chi connectivity index (χ0v) is 12.3. The Balaban J connectivity index is 2.36. The van der Waals surface area contributed by atoms with Crippen molar-refractivity contribution < 1.29 is 8.42 Å². The van der Waals surface area contributed by atoms with E-state index in [0.717, 1.165) is 19.4 Å². The fourth-order valence-corrected chi connectivity index (χ4v) is 3.89. The van der Waals surface area contributed by atoms with Crippen LogP contribution in [0, 0.1) is 5.92 Å². The van der Waals surface area contributed by atoms with Gasteiger partial charge in [0.2, 0.25) is 0 Å². The molecule has 0 amide bonds. The monoisotopic (exact) mass is 262 g/mol. The standard InChI is InChI=1S/C12H26N2O2S/c1-10(2)12(14(3)4)9-13-11-5-7-17(15,16)8-6-11/h10-13H,5-9H2,1-4H3. The maximum absolute atomic E-state index is 11.3. The van der Waals surface area contributed by atoms with Crippen LogP contribution in [0.3, 0.4) is 0 Å². The van der Waals surface area contributed by atoms with Crippen LogP contribution in [0.2, 0.25) is 0 Å². The molecule has 4 nitrogen and oxygen atoms in total. The van der Waals surface area contributed by atoms with Crippen molar-refractivity contribution in [1.29, 1.82) is 0 Å². The predicted molar refractivity (Wildman–Crippen MR) is 72.0 cm³/mol. The molecule has 0 radical (unpaired) electrons. The molecule has 0 aromatic heterocycles. The van der Waals surface area contributed by atoms with Crippen LogP contribution in [-0.4, -0.2) is 57.5 Å². The summed E-state index contributed by atoms with van der Waals surface area (Å²) in [6.45, 7) is 5.38. The lowest BCUT2D eigenvalue weighted by atomic mass is 10.0. The lowest BCUT2D eigenvalue weighted by molar-refractivity contribution is 0.216. The maximum Gasteiger partial charge on any atom is 0.150 e. The van der Waals surface area contributed by atoms with Crippen molar-refractivity contribution in [2.45, 2.75) is 38.8 Å². The second kappa shape index (κ2) is 6.16. The Labute approximate surface area is 106 Å². The van der Waals surface area contributed by atoms with Crippen molar-refractivity contribution in [2.75, 3.05) is 32.1 Å². The average molecular weight is 262 g/mol. The molecule has 1 aliphatic heterocycles. The molecule has 5 heteroatoms. The molecule has 0 saturated carbocycles. The summed E-state index contributed by atoms with van der Waals surface area (Å²) in [5, 5.41) is 3.52. The van der Waals surface area contributed by atoms with Gasteiger partial charge in [0.15, 0.2) is 0 Å². The first-order chi connectivity index (χ1) is 7.82. The number of rotatable bonds is 5. The van der Waals surface area contributed by atoms with Gasteiger partial charge in [0, 0.05) is 18.6 Å². The van der Waals surface area contributed by atoms with Gasteiger partial charge in [0.05, 0.1) is 11.5 Å². The van der Waals surface area contributed by atoms with Crippen molar-refractivity contribution in [3.63, 3.8) is 0 Å². The Bertz CT molecular complexity index is 303. The van der Waals surface area contributed by atoms with Crippen molar-refractivity contribution in [1.82, 2.24) is 10.2 Å². The number of hydrogen-bond acceptors (Lipinski definition) is 4. The normalized spacial score (nSPS) is 23.2. The number of nitrogens with one attached hydrogen (secondary N) is 1. The van der Waals surface area contributed by atoms with E-state index >= 15 is 0 Å². The van der Waals surface area contributed by atoms with Crippen LogP contribution in [-0.2, 0) is 9.84 Å². The smallest absolute Gasteiger partial charge is 0.150 e. The molecule has 1 fully saturated rings. The van der Waals surface area contributed by atoms with E-state index < -0.39 is 9.84 Å². The molecule has 17 heavy (non-hydrogen) atoms. The molecule has 0 bridgehead atoms. The summed E-state index contributed by atoms with van der Waals surface area (Å²) < 4.78 is 22.6. The van der Waals surface area contributed by atoms with E-state index in [4.69, 9.17) is 0 Å². The molecule has 1 N–H and O–H groups in total. The minimum absolute atomic E-state index is 0.346. The molecule has 1 unspecified atom stereocenters. The third kappa shape index (κ3) is 4.94. The maximum atomic E-state index is 11.3. The highest BCUT2D eigenvalue weighted by Crippen LogP contribution is 2.13. The second-order valence-electron chi connectivity index (χ2n) is 5.61. The highest BCUT2D eigenvalue weighted by molar-refractivity contribution is 7.91. The van der Waals surface area contributed by atoms with Crippen LogP contribution in [0.25, 0.3) is 0 Å². The number of sulfone groups is 1. The lowest BCUT2D eigenvalue weighted by Crippen LogP contribution is -2.46. The molecule has 102 valence electrons. The Morgan fingerprint density at radius 3 is 2.18 bits per heavy atom. The number of likely N-dealkylation sites (N-methyl/N-ethyl adjacent to an activating group) is 1. The Hall–Kier alpha value is -0.130. The van der Waals surface area contributed by atoms with Gasteiger partial charge in [-0.2, -0.15) is 0 Å². The molecule has 0 aromatic rings. The molecule has 0 aromatic carbocycles. The van der Waals surface area contributed by atoms with Crippen LogP contribution in [0.1, 0.15) is 26.7 Å². The van der Waals surface area contributed by atoms with E-state index in [1.54, 1.807) is 0 Å². The van der Waals surface area contributed by atoms with E-state index in [0.29, 0.717) is 29.5 Å². The largest absolute Gasteiger partial charge is 0.312 e. The third-order valence-corrected chi connectivity index (χ3v) is 5.32.